The summed E-state index contributed by atoms with van der Waals surface area (Å²) < 4.78 is 0. The molecule has 3 unspecified atom stereocenters. The van der Waals surface area contributed by atoms with E-state index in [0.29, 0.717) is 0 Å². The molecule has 0 N–H and O–H groups in total. The number of hydrogen-bond donors (Lipinski definition) is 0. The first-order valence-electron chi connectivity index (χ1n) is 1.69. The van der Waals surface area contributed by atoms with Crippen LogP contribution in [0.15, 0.2) is 0 Å². The third kappa shape index (κ3) is 37.5. The summed E-state index contributed by atoms with van der Waals surface area (Å²) in [6.45, 7) is 2.15. The summed E-state index contributed by atoms with van der Waals surface area (Å²) >= 11 is 8.98. The minimum absolute atomic E-state index is 0.953. The van der Waals surface area contributed by atoms with Gasteiger partial charge in [-0.2, -0.15) is 0 Å². The molecule has 3 atom stereocenters. The summed E-state index contributed by atoms with van der Waals surface area (Å²) in [6, 6.07) is 0. The summed E-state index contributed by atoms with van der Waals surface area (Å²) in [5, 5.41) is 0. The average molecular weight is 367 g/mol. The molecular weight excluding hydrogens is 357 g/mol. The molecule has 6 heteroatoms. The van der Waals surface area contributed by atoms with Crippen molar-refractivity contribution in [2.45, 2.75) is 6.92 Å². The minimum Gasteiger partial charge on any atom is -0.0679 e. The van der Waals surface area contributed by atoms with Crippen LogP contribution in [0.5, 0.6) is 0 Å². The maximum absolute atomic E-state index is 3.28. The van der Waals surface area contributed by atoms with Gasteiger partial charge in [0.05, 0.1) is 0 Å². The highest BCUT2D eigenvalue weighted by atomic mass is 79.9. The Bertz CT molecular complexity index is 14.5. The van der Waals surface area contributed by atoms with E-state index in [1.54, 1.807) is 0 Å². The van der Waals surface area contributed by atoms with Crippen LogP contribution in [-0.2, 0) is 0 Å². The first-order valence-corrected chi connectivity index (χ1v) is 11.5. The molecule has 0 amide bonds. The Hall–Kier alpha value is 2.73. The first kappa shape index (κ1) is 17.0. The molecule has 0 saturated carbocycles. The van der Waals surface area contributed by atoms with E-state index in [1.807, 2.05) is 0 Å². The molecule has 0 radical (unpaired) electrons. The Labute approximate surface area is 82.1 Å². The van der Waals surface area contributed by atoms with Crippen LogP contribution in [0.2, 0.25) is 0 Å². The average Bonchev–Trinajstić information content (AvgIpc) is 1.96. The first-order chi connectivity index (χ1) is 3.91. The second-order valence-electron chi connectivity index (χ2n) is 0.487. The van der Waals surface area contributed by atoms with E-state index in [1.165, 1.54) is 6.16 Å². The number of halogens is 3. The van der Waals surface area contributed by atoms with Crippen LogP contribution in [-0.4, -0.2) is 6.16 Å². The van der Waals surface area contributed by atoms with Crippen molar-refractivity contribution in [3.63, 3.8) is 0 Å². The van der Waals surface area contributed by atoms with Crippen LogP contribution in [0.3, 0.4) is 0 Å². The van der Waals surface area contributed by atoms with Gasteiger partial charge >= 0.3 is 0 Å². The van der Waals surface area contributed by atoms with Gasteiger partial charge in [-0.05, 0) is 6.16 Å². The van der Waals surface area contributed by atoms with E-state index in [4.69, 9.17) is 0 Å². The Morgan fingerprint density at radius 2 is 1.38 bits per heavy atom. The van der Waals surface area contributed by atoms with Crippen molar-refractivity contribution in [3.8, 4) is 0 Å². The molecule has 0 saturated heterocycles. The van der Waals surface area contributed by atoms with Gasteiger partial charge in [0.15, 0.2) is 0 Å². The Morgan fingerprint density at radius 3 is 1.38 bits per heavy atom. The van der Waals surface area contributed by atoms with Gasteiger partial charge in [-0.25, -0.2) is 0 Å². The molecule has 0 heterocycles. The monoisotopic (exact) mass is 364 g/mol. The second-order valence-corrected chi connectivity index (χ2v) is 3.14. The van der Waals surface area contributed by atoms with Gasteiger partial charge in [0.2, 0.25) is 0 Å². The lowest BCUT2D eigenvalue weighted by molar-refractivity contribution is 1.53. The van der Waals surface area contributed by atoms with Crippen LogP contribution < -0.4 is 0 Å². The summed E-state index contributed by atoms with van der Waals surface area (Å²) in [5.74, 6) is 0. The SMILES string of the molecule is CCPBr.PBr.PBr. The molecule has 0 aromatic heterocycles. The third-order valence-electron chi connectivity index (χ3n) is 0.134. The van der Waals surface area contributed by atoms with Crippen LogP contribution in [0, 0.1) is 0 Å². The molecule has 0 aliphatic rings. The van der Waals surface area contributed by atoms with Gasteiger partial charge in [0.25, 0.3) is 0 Å². The van der Waals surface area contributed by atoms with Gasteiger partial charge in [0, 0.05) is 0 Å². The largest absolute Gasteiger partial charge is 0.0679 e. The van der Waals surface area contributed by atoms with Gasteiger partial charge in [-0.3, -0.25) is 0 Å². The molecule has 0 bridgehead atoms. The molecule has 8 heavy (non-hydrogen) atoms. The van der Waals surface area contributed by atoms with Crippen molar-refractivity contribution in [1.29, 1.82) is 0 Å². The van der Waals surface area contributed by atoms with E-state index in [0.717, 1.165) is 7.28 Å². The van der Waals surface area contributed by atoms with Crippen molar-refractivity contribution in [1.82, 2.24) is 0 Å². The molecule has 0 aliphatic heterocycles. The zero-order valence-electron chi connectivity index (χ0n) is 4.50. The van der Waals surface area contributed by atoms with Crippen molar-refractivity contribution in [2.24, 2.45) is 0 Å². The van der Waals surface area contributed by atoms with Crippen molar-refractivity contribution in [2.75, 3.05) is 6.16 Å². The fraction of sp³-hybridized carbons (Fsp3) is 1.00. The molecule has 0 rings (SSSR count). The lowest BCUT2D eigenvalue weighted by atomic mass is 11.0. The van der Waals surface area contributed by atoms with Crippen molar-refractivity contribution < 1.29 is 0 Å². The van der Waals surface area contributed by atoms with Crippen LogP contribution >= 0.6 is 69.6 Å². The smallest absolute Gasteiger partial charge is 0.0283 e. The fourth-order valence-electron chi connectivity index (χ4n) is 0. The lowest BCUT2D eigenvalue weighted by Gasteiger charge is -1.66. The summed E-state index contributed by atoms with van der Waals surface area (Å²) in [5.41, 5.74) is 0. The normalized spacial score (nSPS) is 6.75. The predicted octanol–water partition coefficient (Wildman–Crippen LogP) is 4.34. The molecule has 0 aromatic carbocycles. The van der Waals surface area contributed by atoms with Gasteiger partial charge in [0.1, 0.15) is 0 Å². The maximum atomic E-state index is 3.28. The zero-order valence-corrected chi connectivity index (χ0v) is 12.6. The highest BCUT2D eigenvalue weighted by Crippen LogP contribution is 2.16. The zero-order chi connectivity index (χ0) is 7.41. The number of hydrogen-bond acceptors (Lipinski definition) is 0. The van der Waals surface area contributed by atoms with Crippen molar-refractivity contribution >= 4 is 69.6 Å². The Kier molecular flexibility index (Phi) is 70.4. The molecular formula is C2H10Br3P3. The van der Waals surface area contributed by atoms with Crippen LogP contribution in [0.25, 0.3) is 0 Å². The molecule has 0 nitrogen and oxygen atoms in total. The molecule has 0 aliphatic carbocycles. The molecule has 0 aromatic rings. The predicted molar refractivity (Wildman–Crippen MR) is 65.1 cm³/mol. The fourth-order valence-corrected chi connectivity index (χ4v) is 0. The topological polar surface area (TPSA) is 0 Å². The van der Waals surface area contributed by atoms with Gasteiger partial charge in [-0.1, -0.05) is 76.6 Å². The Balaban J connectivity index is -0.0000000542. The van der Waals surface area contributed by atoms with E-state index in [-0.39, 0.29) is 0 Å². The summed E-state index contributed by atoms with van der Waals surface area (Å²) in [7, 11) is 5.41. The molecule has 0 spiro atoms. The third-order valence-corrected chi connectivity index (χ3v) is 2.08. The van der Waals surface area contributed by atoms with E-state index >= 15 is 0 Å². The maximum Gasteiger partial charge on any atom is -0.0283 e. The van der Waals surface area contributed by atoms with Crippen molar-refractivity contribution in [3.05, 3.63) is 0 Å². The number of rotatable bonds is 1. The summed E-state index contributed by atoms with van der Waals surface area (Å²) in [4.78, 5) is 0. The lowest BCUT2D eigenvalue weighted by Crippen LogP contribution is -1.40. The van der Waals surface area contributed by atoms with Gasteiger partial charge in [-0.15, -0.1) is 0 Å². The van der Waals surface area contributed by atoms with Crippen LogP contribution in [0.1, 0.15) is 6.92 Å². The van der Waals surface area contributed by atoms with Crippen LogP contribution in [0.4, 0.5) is 0 Å². The second kappa shape index (κ2) is 33.1. The van der Waals surface area contributed by atoms with E-state index in [9.17, 15) is 0 Å². The van der Waals surface area contributed by atoms with E-state index in [2.05, 4.69) is 69.3 Å². The van der Waals surface area contributed by atoms with E-state index < -0.39 is 0 Å². The standard InChI is InChI=1S/C2H6BrP.2BrH2P/c1-2-4-3;2*1-2/h4H,2H2,1H3;2*2H2. The molecule has 0 fully saturated rings. The molecule has 54 valence electrons. The Morgan fingerprint density at radius 1 is 1.25 bits per heavy atom. The highest BCUT2D eigenvalue weighted by molar-refractivity contribution is 9.36. The highest BCUT2D eigenvalue weighted by Gasteiger charge is 1.57. The van der Waals surface area contributed by atoms with Gasteiger partial charge < -0.3 is 0 Å². The summed E-state index contributed by atoms with van der Waals surface area (Å²) in [6.07, 6.45) is 1.26. The minimum atomic E-state index is 0.953. The quantitative estimate of drug-likeness (QED) is 0.606.